The summed E-state index contributed by atoms with van der Waals surface area (Å²) >= 11 is 0. The van der Waals surface area contributed by atoms with Crippen molar-refractivity contribution in [2.24, 2.45) is 0 Å². The number of ether oxygens (including phenoxy) is 2. The number of hydrogen-bond acceptors (Lipinski definition) is 4. The Bertz CT molecular complexity index is 664. The van der Waals surface area contributed by atoms with E-state index in [9.17, 15) is 35.1 Å². The zero-order valence-electron chi connectivity index (χ0n) is 12.5. The summed E-state index contributed by atoms with van der Waals surface area (Å²) in [6.07, 6.45) is -8.22. The number of nitriles is 2. The van der Waals surface area contributed by atoms with Crippen LogP contribution in [0.1, 0.15) is 11.1 Å². The molecular formula is C14H8F8N2O2. The Morgan fingerprint density at radius 1 is 0.769 bits per heavy atom. The highest BCUT2D eigenvalue weighted by atomic mass is 19.3. The SMILES string of the molecule is N#Cc1cc(OCC(F)(F)C(F)F)c(OCC(F)(F)C(F)F)cc1C#N. The topological polar surface area (TPSA) is 66.0 Å². The van der Waals surface area contributed by atoms with Gasteiger partial charge < -0.3 is 9.47 Å². The predicted octanol–water partition coefficient (Wildman–Crippen LogP) is 3.99. The van der Waals surface area contributed by atoms with Crippen molar-refractivity contribution in [3.05, 3.63) is 23.3 Å². The molecule has 142 valence electrons. The average Bonchev–Trinajstić information content (AvgIpc) is 2.57. The molecule has 1 aromatic carbocycles. The Morgan fingerprint density at radius 2 is 1.08 bits per heavy atom. The summed E-state index contributed by atoms with van der Waals surface area (Å²) in [5.74, 6) is -11.0. The molecule has 0 unspecified atom stereocenters. The highest BCUT2D eigenvalue weighted by molar-refractivity contribution is 5.56. The lowest BCUT2D eigenvalue weighted by Crippen LogP contribution is -2.35. The van der Waals surface area contributed by atoms with Gasteiger partial charge in [-0.05, 0) is 0 Å². The van der Waals surface area contributed by atoms with Crippen molar-refractivity contribution in [2.75, 3.05) is 13.2 Å². The van der Waals surface area contributed by atoms with Crippen LogP contribution in [0, 0.1) is 22.7 Å². The van der Waals surface area contributed by atoms with Crippen molar-refractivity contribution in [1.29, 1.82) is 10.5 Å². The molecule has 0 radical (unpaired) electrons. The van der Waals surface area contributed by atoms with Gasteiger partial charge >= 0.3 is 24.7 Å². The lowest BCUT2D eigenvalue weighted by atomic mass is 10.1. The van der Waals surface area contributed by atoms with Crippen molar-refractivity contribution in [1.82, 2.24) is 0 Å². The van der Waals surface area contributed by atoms with Crippen LogP contribution in [-0.4, -0.2) is 37.9 Å². The van der Waals surface area contributed by atoms with Crippen LogP contribution in [0.15, 0.2) is 12.1 Å². The van der Waals surface area contributed by atoms with Gasteiger partial charge in [0.05, 0.1) is 11.1 Å². The van der Waals surface area contributed by atoms with Crippen LogP contribution in [0.3, 0.4) is 0 Å². The van der Waals surface area contributed by atoms with E-state index in [1.165, 1.54) is 12.1 Å². The van der Waals surface area contributed by atoms with E-state index in [4.69, 9.17) is 10.5 Å². The van der Waals surface area contributed by atoms with E-state index in [1.807, 2.05) is 0 Å². The highest BCUT2D eigenvalue weighted by Gasteiger charge is 2.43. The molecule has 12 heteroatoms. The first-order chi connectivity index (χ1) is 11.9. The largest absolute Gasteiger partial charge is 0.483 e. The fourth-order valence-electron chi connectivity index (χ4n) is 1.44. The molecule has 0 fully saturated rings. The van der Waals surface area contributed by atoms with Gasteiger partial charge in [-0.15, -0.1) is 0 Å². The van der Waals surface area contributed by atoms with Crippen LogP contribution in [0.4, 0.5) is 35.1 Å². The Balaban J connectivity index is 3.17. The summed E-state index contributed by atoms with van der Waals surface area (Å²) in [5.41, 5.74) is -0.924. The Hall–Kier alpha value is -2.76. The Labute approximate surface area is 141 Å². The summed E-state index contributed by atoms with van der Waals surface area (Å²) < 4.78 is 109. The quantitative estimate of drug-likeness (QED) is 0.632. The minimum absolute atomic E-state index is 0.462. The molecule has 0 bridgehead atoms. The average molecular weight is 388 g/mol. The molecule has 0 aliphatic carbocycles. The van der Waals surface area contributed by atoms with Crippen LogP contribution in [0.5, 0.6) is 11.5 Å². The lowest BCUT2D eigenvalue weighted by molar-refractivity contribution is -0.151. The second-order valence-corrected chi connectivity index (χ2v) is 4.77. The molecule has 0 spiro atoms. The van der Waals surface area contributed by atoms with Crippen molar-refractivity contribution in [2.45, 2.75) is 24.7 Å². The predicted molar refractivity (Wildman–Crippen MR) is 68.8 cm³/mol. The third kappa shape index (κ3) is 5.12. The summed E-state index contributed by atoms with van der Waals surface area (Å²) in [7, 11) is 0. The van der Waals surface area contributed by atoms with Crippen molar-refractivity contribution in [3.8, 4) is 23.6 Å². The molecule has 1 aromatic rings. The Kier molecular flexibility index (Phi) is 6.61. The van der Waals surface area contributed by atoms with Gasteiger partial charge in [-0.1, -0.05) is 0 Å². The maximum atomic E-state index is 12.9. The van der Waals surface area contributed by atoms with Gasteiger partial charge in [-0.25, -0.2) is 17.6 Å². The smallest absolute Gasteiger partial charge is 0.340 e. The van der Waals surface area contributed by atoms with E-state index in [2.05, 4.69) is 9.47 Å². The van der Waals surface area contributed by atoms with Gasteiger partial charge in [0.15, 0.2) is 24.7 Å². The summed E-state index contributed by atoms with van der Waals surface area (Å²) in [6.45, 7) is -3.83. The third-order valence-electron chi connectivity index (χ3n) is 2.80. The van der Waals surface area contributed by atoms with Crippen molar-refractivity contribution < 1.29 is 44.6 Å². The number of halogens is 8. The van der Waals surface area contributed by atoms with Crippen molar-refractivity contribution >= 4 is 0 Å². The van der Waals surface area contributed by atoms with Gasteiger partial charge in [0.2, 0.25) is 0 Å². The van der Waals surface area contributed by atoms with Crippen LogP contribution in [0.2, 0.25) is 0 Å². The first-order valence-corrected chi connectivity index (χ1v) is 6.50. The maximum Gasteiger partial charge on any atom is 0.340 e. The molecule has 0 saturated carbocycles. The zero-order valence-corrected chi connectivity index (χ0v) is 12.5. The summed E-state index contributed by atoms with van der Waals surface area (Å²) in [5, 5.41) is 17.7. The number of nitrogens with zero attached hydrogens (tertiary/aromatic N) is 2. The van der Waals surface area contributed by atoms with Crippen LogP contribution in [-0.2, 0) is 0 Å². The molecule has 0 saturated heterocycles. The molecular weight excluding hydrogens is 380 g/mol. The van der Waals surface area contributed by atoms with E-state index in [0.29, 0.717) is 12.1 Å². The molecule has 0 aliphatic rings. The summed E-state index contributed by atoms with van der Waals surface area (Å²) in [6, 6.07) is 4.14. The van der Waals surface area contributed by atoms with Crippen molar-refractivity contribution in [3.63, 3.8) is 0 Å². The maximum absolute atomic E-state index is 12.9. The van der Waals surface area contributed by atoms with E-state index < -0.39 is 60.5 Å². The van der Waals surface area contributed by atoms with E-state index in [1.54, 1.807) is 0 Å². The molecule has 4 nitrogen and oxygen atoms in total. The van der Waals surface area contributed by atoms with E-state index in [0.717, 1.165) is 0 Å². The first kappa shape index (κ1) is 21.3. The molecule has 0 aromatic heterocycles. The second-order valence-electron chi connectivity index (χ2n) is 4.77. The van der Waals surface area contributed by atoms with E-state index >= 15 is 0 Å². The molecule has 26 heavy (non-hydrogen) atoms. The molecule has 0 amide bonds. The molecule has 1 rings (SSSR count). The minimum atomic E-state index is -4.62. The molecule has 0 aliphatic heterocycles. The van der Waals surface area contributed by atoms with Crippen LogP contribution >= 0.6 is 0 Å². The number of hydrogen-bond donors (Lipinski definition) is 0. The monoisotopic (exact) mass is 388 g/mol. The van der Waals surface area contributed by atoms with E-state index in [-0.39, 0.29) is 0 Å². The second kappa shape index (κ2) is 8.08. The van der Waals surface area contributed by atoms with Gasteiger partial charge in [0.25, 0.3) is 0 Å². The standard InChI is InChI=1S/C14H8F8N2O2/c15-11(16)13(19,20)5-25-9-1-7(3-23)8(4-24)2-10(9)26-6-14(21,22)12(17)18/h1-2,11-12H,5-6H2. The number of alkyl halides is 8. The Morgan fingerprint density at radius 3 is 1.31 bits per heavy atom. The molecule has 0 N–H and O–H groups in total. The number of benzene rings is 1. The van der Waals surface area contributed by atoms with Gasteiger partial charge in [0.1, 0.15) is 12.1 Å². The minimum Gasteiger partial charge on any atom is -0.483 e. The van der Waals surface area contributed by atoms with Gasteiger partial charge in [0, 0.05) is 12.1 Å². The molecule has 0 heterocycles. The fourth-order valence-corrected chi connectivity index (χ4v) is 1.44. The zero-order chi connectivity index (χ0) is 20.1. The first-order valence-electron chi connectivity index (χ1n) is 6.50. The van der Waals surface area contributed by atoms with Gasteiger partial charge in [-0.2, -0.15) is 28.1 Å². The van der Waals surface area contributed by atoms with Crippen LogP contribution in [0.25, 0.3) is 0 Å². The summed E-state index contributed by atoms with van der Waals surface area (Å²) in [4.78, 5) is 0. The fraction of sp³-hybridized carbons (Fsp3) is 0.429. The van der Waals surface area contributed by atoms with Gasteiger partial charge in [-0.3, -0.25) is 0 Å². The normalized spacial score (nSPS) is 12.0. The van der Waals surface area contributed by atoms with Crippen LogP contribution < -0.4 is 9.47 Å². The molecule has 0 atom stereocenters. The number of rotatable bonds is 8. The highest BCUT2D eigenvalue weighted by Crippen LogP contribution is 2.34. The lowest BCUT2D eigenvalue weighted by Gasteiger charge is -2.20. The third-order valence-corrected chi connectivity index (χ3v) is 2.80.